The van der Waals surface area contributed by atoms with Crippen molar-refractivity contribution in [2.24, 2.45) is 0 Å². The Morgan fingerprint density at radius 3 is 2.80 bits per heavy atom. The van der Waals surface area contributed by atoms with E-state index < -0.39 is 0 Å². The lowest BCUT2D eigenvalue weighted by Crippen LogP contribution is -2.26. The summed E-state index contributed by atoms with van der Waals surface area (Å²) >= 11 is 1.82. The standard InChI is InChI=1S/C10H18N4S/c1-7-5-12-9(11)14-8(7)13-6-10(2,3)15-4/h5H,6H2,1-4H3,(H3,11,12,13,14). The molecule has 0 saturated heterocycles. The maximum atomic E-state index is 5.53. The number of nitrogens with two attached hydrogens (primary N) is 1. The summed E-state index contributed by atoms with van der Waals surface area (Å²) in [6, 6.07) is 0. The van der Waals surface area contributed by atoms with Gasteiger partial charge in [0, 0.05) is 23.1 Å². The summed E-state index contributed by atoms with van der Waals surface area (Å²) in [4.78, 5) is 8.08. The minimum absolute atomic E-state index is 0.187. The van der Waals surface area contributed by atoms with Gasteiger partial charge in [0.15, 0.2) is 0 Å². The van der Waals surface area contributed by atoms with Gasteiger partial charge in [0.1, 0.15) is 5.82 Å². The molecule has 5 heteroatoms. The van der Waals surface area contributed by atoms with E-state index in [0.29, 0.717) is 5.95 Å². The molecule has 1 aromatic rings. The highest BCUT2D eigenvalue weighted by Gasteiger charge is 2.16. The van der Waals surface area contributed by atoms with Gasteiger partial charge in [0.25, 0.3) is 0 Å². The van der Waals surface area contributed by atoms with E-state index in [0.717, 1.165) is 17.9 Å². The van der Waals surface area contributed by atoms with Gasteiger partial charge in [-0.2, -0.15) is 16.7 Å². The van der Waals surface area contributed by atoms with Gasteiger partial charge in [-0.1, -0.05) is 0 Å². The van der Waals surface area contributed by atoms with Crippen LogP contribution in [0, 0.1) is 6.92 Å². The molecule has 0 amide bonds. The van der Waals surface area contributed by atoms with Crippen molar-refractivity contribution in [2.75, 3.05) is 23.9 Å². The predicted molar refractivity (Wildman–Crippen MR) is 67.3 cm³/mol. The molecular formula is C10H18N4S. The van der Waals surface area contributed by atoms with Gasteiger partial charge in [-0.05, 0) is 27.0 Å². The Balaban J connectivity index is 2.69. The second-order valence-corrected chi connectivity index (χ2v) is 5.59. The van der Waals surface area contributed by atoms with E-state index in [4.69, 9.17) is 5.73 Å². The molecule has 0 fully saturated rings. The zero-order chi connectivity index (χ0) is 11.5. The van der Waals surface area contributed by atoms with Crippen molar-refractivity contribution in [3.8, 4) is 0 Å². The number of anilines is 2. The molecule has 1 heterocycles. The van der Waals surface area contributed by atoms with Crippen molar-refractivity contribution in [2.45, 2.75) is 25.5 Å². The number of nitrogen functional groups attached to an aromatic ring is 1. The number of hydrogen-bond donors (Lipinski definition) is 2. The second-order valence-electron chi connectivity index (χ2n) is 4.08. The molecule has 0 spiro atoms. The normalized spacial score (nSPS) is 11.5. The summed E-state index contributed by atoms with van der Waals surface area (Å²) in [5.41, 5.74) is 6.55. The Morgan fingerprint density at radius 1 is 1.53 bits per heavy atom. The average molecular weight is 226 g/mol. The first-order chi connectivity index (χ1) is 6.94. The smallest absolute Gasteiger partial charge is 0.221 e. The van der Waals surface area contributed by atoms with Crippen LogP contribution in [0.1, 0.15) is 19.4 Å². The molecule has 15 heavy (non-hydrogen) atoms. The van der Waals surface area contributed by atoms with Gasteiger partial charge >= 0.3 is 0 Å². The quantitative estimate of drug-likeness (QED) is 0.821. The Bertz CT molecular complexity index is 338. The van der Waals surface area contributed by atoms with Gasteiger partial charge in [-0.15, -0.1) is 0 Å². The molecule has 0 bridgehead atoms. The monoisotopic (exact) mass is 226 g/mol. The molecule has 0 radical (unpaired) electrons. The zero-order valence-corrected chi connectivity index (χ0v) is 10.5. The van der Waals surface area contributed by atoms with Crippen molar-refractivity contribution >= 4 is 23.5 Å². The molecule has 1 rings (SSSR count). The summed E-state index contributed by atoms with van der Waals surface area (Å²) in [5, 5.41) is 3.29. The molecule has 1 aromatic heterocycles. The highest BCUT2D eigenvalue weighted by atomic mass is 32.2. The number of aryl methyl sites for hydroxylation is 1. The summed E-state index contributed by atoms with van der Waals surface area (Å²) in [7, 11) is 0. The molecule has 0 saturated carbocycles. The molecular weight excluding hydrogens is 208 g/mol. The summed E-state index contributed by atoms with van der Waals surface area (Å²) in [6.45, 7) is 7.19. The first-order valence-electron chi connectivity index (χ1n) is 4.83. The van der Waals surface area contributed by atoms with E-state index in [9.17, 15) is 0 Å². The molecule has 0 unspecified atom stereocenters. The Hall–Kier alpha value is -0.970. The van der Waals surface area contributed by atoms with E-state index in [1.807, 2.05) is 18.7 Å². The predicted octanol–water partition coefficient (Wildman–Crippen LogP) is 1.92. The average Bonchev–Trinajstić information content (AvgIpc) is 2.20. The van der Waals surface area contributed by atoms with Gasteiger partial charge < -0.3 is 11.1 Å². The lowest BCUT2D eigenvalue weighted by Gasteiger charge is -2.23. The first kappa shape index (κ1) is 12.1. The highest BCUT2D eigenvalue weighted by molar-refractivity contribution is 7.99. The lowest BCUT2D eigenvalue weighted by molar-refractivity contribution is 0.749. The fraction of sp³-hybridized carbons (Fsp3) is 0.600. The summed E-state index contributed by atoms with van der Waals surface area (Å²) in [5.74, 6) is 1.13. The molecule has 0 aliphatic rings. The first-order valence-corrected chi connectivity index (χ1v) is 6.05. The van der Waals surface area contributed by atoms with Crippen LogP contribution in [0.4, 0.5) is 11.8 Å². The van der Waals surface area contributed by atoms with Crippen LogP contribution in [0.2, 0.25) is 0 Å². The van der Waals surface area contributed by atoms with E-state index in [1.165, 1.54) is 0 Å². The van der Waals surface area contributed by atoms with Crippen LogP contribution < -0.4 is 11.1 Å². The van der Waals surface area contributed by atoms with Crippen LogP contribution in [0.3, 0.4) is 0 Å². The topological polar surface area (TPSA) is 63.8 Å². The van der Waals surface area contributed by atoms with Crippen LogP contribution >= 0.6 is 11.8 Å². The van der Waals surface area contributed by atoms with Crippen molar-refractivity contribution in [3.63, 3.8) is 0 Å². The SMILES string of the molecule is CSC(C)(C)CNc1nc(N)ncc1C. The van der Waals surface area contributed by atoms with Crippen molar-refractivity contribution in [1.82, 2.24) is 9.97 Å². The van der Waals surface area contributed by atoms with Crippen LogP contribution in [0.5, 0.6) is 0 Å². The fourth-order valence-electron chi connectivity index (χ4n) is 1.00. The molecule has 84 valence electrons. The third kappa shape index (κ3) is 3.58. The minimum atomic E-state index is 0.187. The van der Waals surface area contributed by atoms with Crippen molar-refractivity contribution in [3.05, 3.63) is 11.8 Å². The number of aromatic nitrogens is 2. The van der Waals surface area contributed by atoms with E-state index in [-0.39, 0.29) is 4.75 Å². The number of thioether (sulfide) groups is 1. The number of nitrogens with one attached hydrogen (secondary N) is 1. The Labute approximate surface area is 95.1 Å². The number of rotatable bonds is 4. The van der Waals surface area contributed by atoms with Crippen LogP contribution in [0.25, 0.3) is 0 Å². The van der Waals surface area contributed by atoms with E-state index >= 15 is 0 Å². The third-order valence-corrected chi connectivity index (χ3v) is 3.47. The van der Waals surface area contributed by atoms with Gasteiger partial charge in [0.2, 0.25) is 5.95 Å². The lowest BCUT2D eigenvalue weighted by atomic mass is 10.2. The van der Waals surface area contributed by atoms with Gasteiger partial charge in [0.05, 0.1) is 0 Å². The maximum absolute atomic E-state index is 5.53. The van der Waals surface area contributed by atoms with Crippen LogP contribution in [0.15, 0.2) is 6.20 Å². The Kier molecular flexibility index (Phi) is 3.79. The molecule has 0 aromatic carbocycles. The fourth-order valence-corrected chi connectivity index (χ4v) is 1.22. The summed E-state index contributed by atoms with van der Waals surface area (Å²) < 4.78 is 0.187. The molecule has 3 N–H and O–H groups in total. The largest absolute Gasteiger partial charge is 0.368 e. The second kappa shape index (κ2) is 4.70. The van der Waals surface area contributed by atoms with Gasteiger partial charge in [-0.25, -0.2) is 4.98 Å². The van der Waals surface area contributed by atoms with Crippen molar-refractivity contribution in [1.29, 1.82) is 0 Å². The van der Waals surface area contributed by atoms with Crippen molar-refractivity contribution < 1.29 is 0 Å². The minimum Gasteiger partial charge on any atom is -0.368 e. The van der Waals surface area contributed by atoms with E-state index in [1.54, 1.807) is 6.20 Å². The van der Waals surface area contributed by atoms with E-state index in [2.05, 4.69) is 35.4 Å². The third-order valence-electron chi connectivity index (χ3n) is 2.22. The molecule has 0 aliphatic carbocycles. The van der Waals surface area contributed by atoms with Crippen LogP contribution in [-0.2, 0) is 0 Å². The molecule has 4 nitrogen and oxygen atoms in total. The Morgan fingerprint density at radius 2 is 2.20 bits per heavy atom. The van der Waals surface area contributed by atoms with Crippen LogP contribution in [-0.4, -0.2) is 27.5 Å². The zero-order valence-electron chi connectivity index (χ0n) is 9.66. The summed E-state index contributed by atoms with van der Waals surface area (Å²) in [6.07, 6.45) is 3.83. The number of nitrogens with zero attached hydrogens (tertiary/aromatic N) is 2. The number of hydrogen-bond acceptors (Lipinski definition) is 5. The highest BCUT2D eigenvalue weighted by Crippen LogP contribution is 2.22. The molecule has 0 atom stereocenters. The van der Waals surface area contributed by atoms with Gasteiger partial charge in [-0.3, -0.25) is 0 Å². The maximum Gasteiger partial charge on any atom is 0.221 e. The molecule has 0 aliphatic heterocycles.